The van der Waals surface area contributed by atoms with Gasteiger partial charge in [-0.25, -0.2) is 9.78 Å². The van der Waals surface area contributed by atoms with Crippen LogP contribution in [-0.2, 0) is 16.1 Å². The monoisotopic (exact) mass is 388 g/mol. The smallest absolute Gasteiger partial charge is 0.405 e. The van der Waals surface area contributed by atoms with Crippen molar-refractivity contribution < 1.29 is 32.2 Å². The molecular formula is C16H15F3N2O4S. The van der Waals surface area contributed by atoms with E-state index >= 15 is 0 Å². The predicted molar refractivity (Wildman–Crippen MR) is 87.0 cm³/mol. The second kappa shape index (κ2) is 8.65. The minimum absolute atomic E-state index is 0.144. The molecule has 0 saturated carbocycles. The maximum atomic E-state index is 12.0. The van der Waals surface area contributed by atoms with Crippen LogP contribution in [0.4, 0.5) is 13.2 Å². The molecule has 0 bridgehead atoms. The van der Waals surface area contributed by atoms with Gasteiger partial charge < -0.3 is 14.8 Å². The molecule has 0 unspecified atom stereocenters. The second-order valence-electron chi connectivity index (χ2n) is 5.14. The lowest BCUT2D eigenvalue weighted by Gasteiger charge is -2.09. The van der Waals surface area contributed by atoms with Crippen molar-refractivity contribution in [3.8, 4) is 5.75 Å². The Kier molecular flexibility index (Phi) is 6.56. The summed E-state index contributed by atoms with van der Waals surface area (Å²) in [4.78, 5) is 27.2. The first kappa shape index (κ1) is 19.7. The average Bonchev–Trinajstić information content (AvgIpc) is 3.01. The molecule has 2 rings (SSSR count). The van der Waals surface area contributed by atoms with Crippen molar-refractivity contribution >= 4 is 23.2 Å². The molecule has 1 amide bonds. The normalized spacial score (nSPS) is 11.1. The molecule has 0 radical (unpaired) electrons. The summed E-state index contributed by atoms with van der Waals surface area (Å²) in [5.74, 6) is -1.35. The van der Waals surface area contributed by atoms with E-state index in [-0.39, 0.29) is 12.2 Å². The van der Waals surface area contributed by atoms with E-state index in [2.05, 4.69) is 9.72 Å². The van der Waals surface area contributed by atoms with Crippen LogP contribution in [0.3, 0.4) is 0 Å². The lowest BCUT2D eigenvalue weighted by atomic mass is 10.2. The van der Waals surface area contributed by atoms with Crippen molar-refractivity contribution in [3.63, 3.8) is 0 Å². The molecular weight excluding hydrogens is 373 g/mol. The molecule has 0 atom stereocenters. The Labute approximate surface area is 150 Å². The number of alkyl halides is 3. The molecule has 2 aromatic rings. The van der Waals surface area contributed by atoms with Gasteiger partial charge in [-0.1, -0.05) is 0 Å². The zero-order chi connectivity index (χ0) is 19.2. The fraction of sp³-hybridized carbons (Fsp3) is 0.312. The lowest BCUT2D eigenvalue weighted by Crippen LogP contribution is -2.36. The number of hydrogen-bond acceptors (Lipinski definition) is 6. The molecule has 1 aromatic heterocycles. The number of esters is 1. The van der Waals surface area contributed by atoms with Crippen molar-refractivity contribution in [2.45, 2.75) is 19.7 Å². The third kappa shape index (κ3) is 6.71. The summed E-state index contributed by atoms with van der Waals surface area (Å²) in [5, 5.41) is 4.42. The lowest BCUT2D eigenvalue weighted by molar-refractivity contribution is -0.140. The highest BCUT2D eigenvalue weighted by atomic mass is 32.1. The largest absolute Gasteiger partial charge is 0.487 e. The zero-order valence-corrected chi connectivity index (χ0v) is 14.4. The van der Waals surface area contributed by atoms with Crippen molar-refractivity contribution in [2.75, 3.05) is 13.2 Å². The van der Waals surface area contributed by atoms with Gasteiger partial charge in [0.2, 0.25) is 0 Å². The number of halogens is 3. The van der Waals surface area contributed by atoms with E-state index in [0.717, 1.165) is 10.7 Å². The number of nitrogens with zero attached hydrogens (tertiary/aromatic N) is 1. The summed E-state index contributed by atoms with van der Waals surface area (Å²) < 4.78 is 46.0. The van der Waals surface area contributed by atoms with Crippen LogP contribution in [0.5, 0.6) is 5.75 Å². The number of aryl methyl sites for hydroxylation is 1. The molecule has 26 heavy (non-hydrogen) atoms. The number of rotatable bonds is 7. The van der Waals surface area contributed by atoms with Crippen LogP contribution in [0.25, 0.3) is 0 Å². The summed E-state index contributed by atoms with van der Waals surface area (Å²) in [5.41, 5.74) is 0.936. The standard InChI is InChI=1S/C16H15F3N2O4S/c1-10-21-12(8-26-10)6-24-13-4-2-11(3-5-13)15(23)25-7-14(22)20-9-16(17,18)19/h2-5,8H,6-7,9H2,1H3,(H,20,22). The summed E-state index contributed by atoms with van der Waals surface area (Å²) in [6, 6.07) is 5.94. The Balaban J connectivity index is 1.78. The Hall–Kier alpha value is -2.62. The van der Waals surface area contributed by atoms with Crippen molar-refractivity contribution in [3.05, 3.63) is 45.9 Å². The molecule has 0 aliphatic rings. The number of benzene rings is 1. The van der Waals surface area contributed by atoms with Gasteiger partial charge in [0.05, 0.1) is 16.3 Å². The van der Waals surface area contributed by atoms with Crippen LogP contribution in [0.2, 0.25) is 0 Å². The molecule has 1 aromatic carbocycles. The molecule has 1 N–H and O–H groups in total. The van der Waals surface area contributed by atoms with Crippen LogP contribution in [0, 0.1) is 6.92 Å². The van der Waals surface area contributed by atoms with E-state index in [1.165, 1.54) is 23.5 Å². The number of thiazole rings is 1. The fourth-order valence-corrected chi connectivity index (χ4v) is 2.38. The third-order valence-corrected chi connectivity index (χ3v) is 3.79. The minimum Gasteiger partial charge on any atom is -0.487 e. The fourth-order valence-electron chi connectivity index (χ4n) is 1.78. The minimum atomic E-state index is -4.52. The Bertz CT molecular complexity index is 760. The Morgan fingerprint density at radius 2 is 1.92 bits per heavy atom. The topological polar surface area (TPSA) is 77.5 Å². The molecule has 0 aliphatic carbocycles. The van der Waals surface area contributed by atoms with Gasteiger partial charge in [0.25, 0.3) is 5.91 Å². The molecule has 0 fully saturated rings. The number of carbonyl (C=O) groups excluding carboxylic acids is 2. The highest BCUT2D eigenvalue weighted by molar-refractivity contribution is 7.09. The summed E-state index contributed by atoms with van der Waals surface area (Å²) in [7, 11) is 0. The van der Waals surface area contributed by atoms with Gasteiger partial charge in [-0.2, -0.15) is 13.2 Å². The molecule has 0 aliphatic heterocycles. The van der Waals surface area contributed by atoms with Gasteiger partial charge in [0.15, 0.2) is 6.61 Å². The van der Waals surface area contributed by atoms with Crippen molar-refractivity contribution in [2.24, 2.45) is 0 Å². The molecule has 0 saturated heterocycles. The van der Waals surface area contributed by atoms with Crippen LogP contribution in [0.15, 0.2) is 29.6 Å². The number of ether oxygens (including phenoxy) is 2. The summed E-state index contributed by atoms with van der Waals surface area (Å²) in [6.07, 6.45) is -4.52. The van der Waals surface area contributed by atoms with Crippen LogP contribution in [0.1, 0.15) is 21.1 Å². The van der Waals surface area contributed by atoms with E-state index in [0.29, 0.717) is 5.75 Å². The van der Waals surface area contributed by atoms with Gasteiger partial charge in [0, 0.05) is 5.38 Å². The number of hydrogen-bond donors (Lipinski definition) is 1. The summed E-state index contributed by atoms with van der Waals surface area (Å²) >= 11 is 1.51. The molecule has 140 valence electrons. The Morgan fingerprint density at radius 1 is 1.23 bits per heavy atom. The first-order chi connectivity index (χ1) is 12.2. The Morgan fingerprint density at radius 3 is 2.50 bits per heavy atom. The highest BCUT2D eigenvalue weighted by Gasteiger charge is 2.27. The quantitative estimate of drug-likeness (QED) is 0.738. The van der Waals surface area contributed by atoms with E-state index in [1.54, 1.807) is 17.4 Å². The first-order valence-corrected chi connectivity index (χ1v) is 8.25. The van der Waals surface area contributed by atoms with Gasteiger partial charge in [-0.3, -0.25) is 4.79 Å². The first-order valence-electron chi connectivity index (χ1n) is 7.37. The molecule has 6 nitrogen and oxygen atoms in total. The van der Waals surface area contributed by atoms with Crippen molar-refractivity contribution in [1.82, 2.24) is 10.3 Å². The van der Waals surface area contributed by atoms with E-state index in [1.807, 2.05) is 12.3 Å². The number of aromatic nitrogens is 1. The van der Waals surface area contributed by atoms with Crippen LogP contribution >= 0.6 is 11.3 Å². The highest BCUT2D eigenvalue weighted by Crippen LogP contribution is 2.16. The van der Waals surface area contributed by atoms with Gasteiger partial charge in [-0.15, -0.1) is 11.3 Å². The second-order valence-corrected chi connectivity index (χ2v) is 6.20. The molecule has 1 heterocycles. The maximum absolute atomic E-state index is 12.0. The van der Waals surface area contributed by atoms with Crippen molar-refractivity contribution in [1.29, 1.82) is 0 Å². The number of amides is 1. The maximum Gasteiger partial charge on any atom is 0.405 e. The zero-order valence-electron chi connectivity index (χ0n) is 13.6. The number of nitrogens with one attached hydrogen (secondary N) is 1. The summed E-state index contributed by atoms with van der Waals surface area (Å²) in [6.45, 7) is -0.101. The van der Waals surface area contributed by atoms with Crippen LogP contribution in [-0.4, -0.2) is 36.2 Å². The SMILES string of the molecule is Cc1nc(COc2ccc(C(=O)OCC(=O)NCC(F)(F)F)cc2)cs1. The predicted octanol–water partition coefficient (Wildman–Crippen LogP) is 2.87. The molecule has 10 heteroatoms. The van der Waals surface area contributed by atoms with E-state index < -0.39 is 31.2 Å². The number of carbonyl (C=O) groups is 2. The van der Waals surface area contributed by atoms with Gasteiger partial charge in [0.1, 0.15) is 18.9 Å². The molecule has 0 spiro atoms. The van der Waals surface area contributed by atoms with E-state index in [9.17, 15) is 22.8 Å². The van der Waals surface area contributed by atoms with E-state index in [4.69, 9.17) is 4.74 Å². The average molecular weight is 388 g/mol. The third-order valence-electron chi connectivity index (χ3n) is 2.96. The van der Waals surface area contributed by atoms with Gasteiger partial charge in [-0.05, 0) is 31.2 Å². The van der Waals surface area contributed by atoms with Gasteiger partial charge >= 0.3 is 12.1 Å². The van der Waals surface area contributed by atoms with Crippen LogP contribution < -0.4 is 10.1 Å².